The van der Waals surface area contributed by atoms with Gasteiger partial charge in [0.15, 0.2) is 0 Å². The molecule has 1 aromatic rings. The summed E-state index contributed by atoms with van der Waals surface area (Å²) in [6.07, 6.45) is 2.70. The van der Waals surface area contributed by atoms with E-state index in [0.717, 1.165) is 36.8 Å². The summed E-state index contributed by atoms with van der Waals surface area (Å²) in [4.78, 5) is 11.4. The topological polar surface area (TPSA) is 56.8 Å². The number of fused-ring (bicyclic) bond motifs is 1. The third kappa shape index (κ3) is 3.53. The second-order valence-electron chi connectivity index (χ2n) is 5.99. The lowest BCUT2D eigenvalue weighted by Gasteiger charge is -2.22. The molecule has 2 aliphatic rings. The molecule has 1 unspecified atom stereocenters. The van der Waals surface area contributed by atoms with E-state index < -0.39 is 0 Å². The molecule has 1 saturated heterocycles. The van der Waals surface area contributed by atoms with Gasteiger partial charge in [0.05, 0.1) is 26.7 Å². The molecule has 0 radical (unpaired) electrons. The highest BCUT2D eigenvalue weighted by molar-refractivity contribution is 5.71. The van der Waals surface area contributed by atoms with Crippen LogP contribution in [0.15, 0.2) is 18.2 Å². The van der Waals surface area contributed by atoms with Crippen molar-refractivity contribution in [3.63, 3.8) is 0 Å². The maximum atomic E-state index is 11.4. The number of benzene rings is 1. The molecule has 0 saturated carbocycles. The Balaban J connectivity index is 1.58. The average Bonchev–Trinajstić information content (AvgIpc) is 2.96. The van der Waals surface area contributed by atoms with Crippen LogP contribution in [0.3, 0.4) is 0 Å². The maximum absolute atomic E-state index is 11.4. The zero-order valence-electron chi connectivity index (χ0n) is 13.0. The number of hydrogen-bond donors (Lipinski definition) is 1. The van der Waals surface area contributed by atoms with Crippen LogP contribution in [0.25, 0.3) is 0 Å². The van der Waals surface area contributed by atoms with Crippen molar-refractivity contribution < 1.29 is 19.0 Å². The monoisotopic (exact) mass is 305 g/mol. The van der Waals surface area contributed by atoms with Crippen molar-refractivity contribution in [3.8, 4) is 11.5 Å². The minimum absolute atomic E-state index is 0.0842. The van der Waals surface area contributed by atoms with Crippen molar-refractivity contribution in [3.05, 3.63) is 23.8 Å². The van der Waals surface area contributed by atoms with E-state index in [2.05, 4.69) is 5.32 Å². The molecule has 0 spiro atoms. The van der Waals surface area contributed by atoms with Crippen LogP contribution in [-0.2, 0) is 9.53 Å². The summed E-state index contributed by atoms with van der Waals surface area (Å²) in [5, 5.41) is 3.36. The van der Waals surface area contributed by atoms with E-state index in [1.54, 1.807) is 0 Å². The second kappa shape index (κ2) is 7.01. The highest BCUT2D eigenvalue weighted by atomic mass is 16.5. The van der Waals surface area contributed by atoms with Crippen molar-refractivity contribution in [2.24, 2.45) is 5.92 Å². The van der Waals surface area contributed by atoms with Crippen LogP contribution < -0.4 is 14.8 Å². The lowest BCUT2D eigenvalue weighted by Crippen LogP contribution is -2.30. The van der Waals surface area contributed by atoms with Crippen LogP contribution >= 0.6 is 0 Å². The Morgan fingerprint density at radius 3 is 2.95 bits per heavy atom. The first-order valence-electron chi connectivity index (χ1n) is 7.93. The summed E-state index contributed by atoms with van der Waals surface area (Å²) >= 11 is 0. The zero-order valence-corrected chi connectivity index (χ0v) is 13.0. The summed E-state index contributed by atoms with van der Waals surface area (Å²) in [6.45, 7) is 3.45. The SMILES string of the molecule is COC(=O)CC1COc2cc(OCC3CCNCC3)ccc21. The Kier molecular flexibility index (Phi) is 4.83. The lowest BCUT2D eigenvalue weighted by atomic mass is 9.98. The Bertz CT molecular complexity index is 525. The zero-order chi connectivity index (χ0) is 15.4. The summed E-state index contributed by atoms with van der Waals surface area (Å²) < 4.78 is 16.3. The molecule has 2 heterocycles. The summed E-state index contributed by atoms with van der Waals surface area (Å²) in [7, 11) is 1.41. The third-order valence-electron chi connectivity index (χ3n) is 4.45. The molecule has 2 aliphatic heterocycles. The van der Waals surface area contributed by atoms with Gasteiger partial charge in [0.2, 0.25) is 0 Å². The third-order valence-corrected chi connectivity index (χ3v) is 4.45. The molecule has 22 heavy (non-hydrogen) atoms. The van der Waals surface area contributed by atoms with E-state index in [9.17, 15) is 4.79 Å². The standard InChI is InChI=1S/C17H23NO4/c1-20-17(19)8-13-11-22-16-9-14(2-3-15(13)16)21-10-12-4-6-18-7-5-12/h2-3,9,12-13,18H,4-8,10-11H2,1H3. The first-order chi connectivity index (χ1) is 10.8. The predicted molar refractivity (Wildman–Crippen MR) is 82.4 cm³/mol. The number of ether oxygens (including phenoxy) is 3. The van der Waals surface area contributed by atoms with Gasteiger partial charge in [-0.2, -0.15) is 0 Å². The molecular formula is C17H23NO4. The van der Waals surface area contributed by atoms with Gasteiger partial charge in [0.1, 0.15) is 11.5 Å². The van der Waals surface area contributed by atoms with Gasteiger partial charge in [0.25, 0.3) is 0 Å². The smallest absolute Gasteiger partial charge is 0.306 e. The molecular weight excluding hydrogens is 282 g/mol. The van der Waals surface area contributed by atoms with E-state index in [1.807, 2.05) is 18.2 Å². The van der Waals surface area contributed by atoms with Gasteiger partial charge < -0.3 is 19.5 Å². The maximum Gasteiger partial charge on any atom is 0.306 e. The lowest BCUT2D eigenvalue weighted by molar-refractivity contribution is -0.141. The largest absolute Gasteiger partial charge is 0.493 e. The van der Waals surface area contributed by atoms with Crippen molar-refractivity contribution in [1.82, 2.24) is 5.32 Å². The first-order valence-corrected chi connectivity index (χ1v) is 7.93. The van der Waals surface area contributed by atoms with Gasteiger partial charge in [-0.05, 0) is 37.9 Å². The first kappa shape index (κ1) is 15.2. The van der Waals surface area contributed by atoms with Crippen LogP contribution in [0, 0.1) is 5.92 Å². The Morgan fingerprint density at radius 1 is 1.36 bits per heavy atom. The highest BCUT2D eigenvalue weighted by Gasteiger charge is 2.27. The number of carbonyl (C=O) groups excluding carboxylic acids is 1. The van der Waals surface area contributed by atoms with Crippen LogP contribution in [0.2, 0.25) is 0 Å². The molecule has 0 aliphatic carbocycles. The molecule has 0 amide bonds. The van der Waals surface area contributed by atoms with E-state index >= 15 is 0 Å². The van der Waals surface area contributed by atoms with Gasteiger partial charge in [-0.3, -0.25) is 4.79 Å². The second-order valence-corrected chi connectivity index (χ2v) is 5.99. The molecule has 1 N–H and O–H groups in total. The van der Waals surface area contributed by atoms with Crippen molar-refractivity contribution >= 4 is 5.97 Å². The van der Waals surface area contributed by atoms with Gasteiger partial charge in [-0.1, -0.05) is 6.07 Å². The Labute approximate surface area is 130 Å². The summed E-state index contributed by atoms with van der Waals surface area (Å²) in [6, 6.07) is 5.92. The minimum atomic E-state index is -0.201. The molecule has 5 nitrogen and oxygen atoms in total. The number of rotatable bonds is 5. The molecule has 5 heteroatoms. The molecule has 0 bridgehead atoms. The number of esters is 1. The highest BCUT2D eigenvalue weighted by Crippen LogP contribution is 2.38. The van der Waals surface area contributed by atoms with E-state index in [-0.39, 0.29) is 11.9 Å². The van der Waals surface area contributed by atoms with Crippen molar-refractivity contribution in [2.45, 2.75) is 25.2 Å². The summed E-state index contributed by atoms with van der Waals surface area (Å²) in [5.74, 6) is 2.18. The van der Waals surface area contributed by atoms with Gasteiger partial charge >= 0.3 is 5.97 Å². The fourth-order valence-electron chi connectivity index (χ4n) is 3.06. The van der Waals surface area contributed by atoms with Crippen LogP contribution in [-0.4, -0.2) is 39.4 Å². The Morgan fingerprint density at radius 2 is 2.18 bits per heavy atom. The molecule has 1 fully saturated rings. The van der Waals surface area contributed by atoms with Crippen molar-refractivity contribution in [2.75, 3.05) is 33.4 Å². The van der Waals surface area contributed by atoms with Crippen molar-refractivity contribution in [1.29, 1.82) is 0 Å². The normalized spacial score (nSPS) is 21.0. The van der Waals surface area contributed by atoms with Crippen LogP contribution in [0.5, 0.6) is 11.5 Å². The number of piperidine rings is 1. The predicted octanol–water partition coefficient (Wildman–Crippen LogP) is 2.10. The summed E-state index contributed by atoms with van der Waals surface area (Å²) in [5.41, 5.74) is 1.07. The quantitative estimate of drug-likeness (QED) is 0.844. The van der Waals surface area contributed by atoms with E-state index in [1.165, 1.54) is 20.0 Å². The number of methoxy groups -OCH3 is 1. The van der Waals surface area contributed by atoms with Crippen LogP contribution in [0.4, 0.5) is 0 Å². The number of hydrogen-bond acceptors (Lipinski definition) is 5. The molecule has 0 aromatic heterocycles. The van der Waals surface area contributed by atoms with E-state index in [4.69, 9.17) is 14.2 Å². The van der Waals surface area contributed by atoms with E-state index in [0.29, 0.717) is 18.9 Å². The Hall–Kier alpha value is -1.75. The van der Waals surface area contributed by atoms with Crippen LogP contribution in [0.1, 0.15) is 30.7 Å². The number of carbonyl (C=O) groups is 1. The van der Waals surface area contributed by atoms with Gasteiger partial charge in [-0.15, -0.1) is 0 Å². The fraction of sp³-hybridized carbons (Fsp3) is 0.588. The fourth-order valence-corrected chi connectivity index (χ4v) is 3.06. The molecule has 3 rings (SSSR count). The number of nitrogens with one attached hydrogen (secondary N) is 1. The molecule has 1 aromatic carbocycles. The van der Waals surface area contributed by atoms with Gasteiger partial charge in [0, 0.05) is 17.5 Å². The minimum Gasteiger partial charge on any atom is -0.493 e. The molecule has 1 atom stereocenters. The average molecular weight is 305 g/mol. The van der Waals surface area contributed by atoms with Gasteiger partial charge in [-0.25, -0.2) is 0 Å². The molecule has 120 valence electrons.